The van der Waals surface area contributed by atoms with E-state index in [9.17, 15) is 23.2 Å². The van der Waals surface area contributed by atoms with Crippen molar-refractivity contribution in [3.8, 4) is 0 Å². The van der Waals surface area contributed by atoms with Gasteiger partial charge in [-0.3, -0.25) is 19.3 Å². The minimum Gasteiger partial charge on any atom is -0.351 e. The van der Waals surface area contributed by atoms with Gasteiger partial charge in [-0.25, -0.2) is 18.7 Å². The van der Waals surface area contributed by atoms with Gasteiger partial charge in [-0.15, -0.1) is 0 Å². The highest BCUT2D eigenvalue weighted by atomic mass is 127. The van der Waals surface area contributed by atoms with Crippen molar-refractivity contribution in [3.05, 3.63) is 88.2 Å². The number of hydrogen-bond donors (Lipinski definition) is 1. The number of anilines is 1. The number of ketones is 1. The van der Waals surface area contributed by atoms with E-state index in [0.29, 0.717) is 6.42 Å². The second-order valence-electron chi connectivity index (χ2n) is 9.83. The van der Waals surface area contributed by atoms with Crippen LogP contribution in [0.25, 0.3) is 0 Å². The average molecular weight is 715 g/mol. The fraction of sp³-hybridized carbons (Fsp3) is 0.345. The van der Waals surface area contributed by atoms with E-state index in [1.165, 1.54) is 42.7 Å². The summed E-state index contributed by atoms with van der Waals surface area (Å²) in [5, 5.41) is 2.99. The molecule has 7 nitrogen and oxygen atoms in total. The van der Waals surface area contributed by atoms with Crippen molar-refractivity contribution in [2.45, 2.75) is 60.7 Å². The Balaban J connectivity index is 1.82. The Morgan fingerprint density at radius 2 is 1.73 bits per heavy atom. The Hall–Kier alpha value is -2.70. The molecule has 1 N–H and O–H groups in total. The lowest BCUT2D eigenvalue weighted by molar-refractivity contribution is -0.129. The maximum atomic E-state index is 14.5. The number of benzene rings is 2. The molecule has 1 aliphatic carbocycles. The third kappa shape index (κ3) is 7.58. The molecule has 2 aromatic carbocycles. The molecule has 12 heteroatoms. The summed E-state index contributed by atoms with van der Waals surface area (Å²) in [6.45, 7) is 1.84. The van der Waals surface area contributed by atoms with Gasteiger partial charge in [-0.05, 0) is 65.4 Å². The first-order chi connectivity index (χ1) is 19.5. The molecule has 2 unspecified atom stereocenters. The van der Waals surface area contributed by atoms with Crippen LogP contribution in [0.2, 0.25) is 10.0 Å². The maximum Gasteiger partial charge on any atom is 0.248 e. The Labute approximate surface area is 260 Å². The van der Waals surface area contributed by atoms with Crippen LogP contribution >= 0.6 is 45.8 Å². The molecule has 0 bridgehead atoms. The van der Waals surface area contributed by atoms with Crippen LogP contribution in [0.5, 0.6) is 0 Å². The lowest BCUT2D eigenvalue weighted by Crippen LogP contribution is -2.53. The highest BCUT2D eigenvalue weighted by molar-refractivity contribution is 14.1. The van der Waals surface area contributed by atoms with Crippen LogP contribution in [0, 0.1) is 5.82 Å². The van der Waals surface area contributed by atoms with Crippen LogP contribution in [0.1, 0.15) is 62.4 Å². The maximum absolute atomic E-state index is 14.5. The highest BCUT2D eigenvalue weighted by Gasteiger charge is 2.45. The number of amides is 2. The van der Waals surface area contributed by atoms with Crippen LogP contribution < -0.4 is 10.2 Å². The monoisotopic (exact) mass is 714 g/mol. The Bertz CT molecular complexity index is 1400. The summed E-state index contributed by atoms with van der Waals surface area (Å²) in [6.07, 6.45) is 3.41. The van der Waals surface area contributed by atoms with Crippen molar-refractivity contribution < 1.29 is 23.2 Å². The molecule has 0 radical (unpaired) electrons. The summed E-state index contributed by atoms with van der Waals surface area (Å²) < 4.78 is 27.3. The molecule has 1 heterocycles. The van der Waals surface area contributed by atoms with Crippen molar-refractivity contribution in [1.29, 1.82) is 0 Å². The highest BCUT2D eigenvalue weighted by Crippen LogP contribution is 2.43. The zero-order valence-electron chi connectivity index (χ0n) is 22.0. The molecule has 216 valence electrons. The fourth-order valence-electron chi connectivity index (χ4n) is 4.79. The van der Waals surface area contributed by atoms with E-state index < -0.39 is 45.7 Å². The average Bonchev–Trinajstić information content (AvgIpc) is 2.90. The van der Waals surface area contributed by atoms with Crippen LogP contribution in [0.15, 0.2) is 60.9 Å². The number of halogens is 5. The Kier molecular flexibility index (Phi) is 10.3. The number of carbonyl (C=O) groups excluding carboxylic acids is 3. The van der Waals surface area contributed by atoms with Crippen LogP contribution in [0.3, 0.4) is 0 Å². The van der Waals surface area contributed by atoms with Gasteiger partial charge in [0.25, 0.3) is 0 Å². The number of carbonyl (C=O) groups is 3. The fourth-order valence-corrected chi connectivity index (χ4v) is 6.46. The number of nitrogens with one attached hydrogen (secondary N) is 1. The second-order valence-corrected chi connectivity index (χ2v) is 12.6. The lowest BCUT2D eigenvalue weighted by atomic mass is 9.89. The van der Waals surface area contributed by atoms with Crippen LogP contribution in [-0.4, -0.2) is 37.3 Å². The normalized spacial score (nSPS) is 19.5. The first-order valence-corrected chi connectivity index (χ1v) is 14.8. The zero-order chi connectivity index (χ0) is 29.7. The summed E-state index contributed by atoms with van der Waals surface area (Å²) in [5.74, 6) is -3.12. The smallest absolute Gasteiger partial charge is 0.248 e. The predicted molar refractivity (Wildman–Crippen MR) is 161 cm³/mol. The second kappa shape index (κ2) is 13.5. The molecule has 3 aromatic rings. The molecule has 1 fully saturated rings. The van der Waals surface area contributed by atoms with Gasteiger partial charge in [0.2, 0.25) is 11.8 Å². The van der Waals surface area contributed by atoms with Crippen molar-refractivity contribution in [3.63, 3.8) is 0 Å². The molecule has 41 heavy (non-hydrogen) atoms. The number of Topliss-reactive ketones (excluding diaryl/α,β-unsaturated/α-hetero) is 1. The summed E-state index contributed by atoms with van der Waals surface area (Å²) >= 11 is 14.8. The minimum atomic E-state index is -1.46. The topological polar surface area (TPSA) is 92.3 Å². The van der Waals surface area contributed by atoms with Gasteiger partial charge in [0.15, 0.2) is 3.68 Å². The van der Waals surface area contributed by atoms with Crippen molar-refractivity contribution in [2.24, 2.45) is 0 Å². The van der Waals surface area contributed by atoms with Gasteiger partial charge < -0.3 is 5.32 Å². The van der Waals surface area contributed by atoms with E-state index in [0.717, 1.165) is 11.0 Å². The van der Waals surface area contributed by atoms with Crippen LogP contribution in [0.4, 0.5) is 14.5 Å². The zero-order valence-corrected chi connectivity index (χ0v) is 25.7. The van der Waals surface area contributed by atoms with Crippen molar-refractivity contribution >= 4 is 69.1 Å². The molecule has 2 atom stereocenters. The standard InChI is InChI=1S/C29H27Cl2F2IN4O3/c1-2-6-23(39)20(27-35-11-5-12-36-27)14-24(40)38(19-8-3-7-17(32)13-19)26(25-21(30)9-4-10-22(25)31)28(41)37-18-15-29(33,34)16-18/h3-5,7-13,18,20,26H,2,6,14-16H2,1H3,(H,37,41). The number of aromatic nitrogens is 2. The number of nitrogens with zero attached hydrogens (tertiary/aromatic N) is 3. The van der Waals surface area contributed by atoms with Gasteiger partial charge in [-0.1, -0.05) is 42.3 Å². The molecule has 1 aromatic heterocycles. The van der Waals surface area contributed by atoms with E-state index >= 15 is 0 Å². The van der Waals surface area contributed by atoms with E-state index in [1.807, 2.05) is 6.92 Å². The first kappa shape index (κ1) is 31.2. The Morgan fingerprint density at radius 3 is 2.32 bits per heavy atom. The van der Waals surface area contributed by atoms with Crippen molar-refractivity contribution in [1.82, 2.24) is 15.3 Å². The lowest BCUT2D eigenvalue weighted by Gasteiger charge is -2.40. The first-order valence-electron chi connectivity index (χ1n) is 13.0. The third-order valence-corrected chi connectivity index (χ3v) is 8.27. The molecule has 0 aliphatic heterocycles. The summed E-state index contributed by atoms with van der Waals surface area (Å²) in [6, 6.07) is 9.42. The SMILES string of the molecule is CCCC(=O)C(CC(=O)N(c1cccc(F)c1)C(C(=O)NC1CC(F)(I)C1)c1c(Cl)cccc1Cl)c1ncccn1. The van der Waals surface area contributed by atoms with Crippen molar-refractivity contribution in [2.75, 3.05) is 4.90 Å². The molecular formula is C29H27Cl2F2IN4O3. The summed E-state index contributed by atoms with van der Waals surface area (Å²) in [4.78, 5) is 50.8. The van der Waals surface area contributed by atoms with E-state index in [1.54, 1.807) is 34.7 Å². The number of alkyl halides is 2. The van der Waals surface area contributed by atoms with E-state index in [4.69, 9.17) is 23.2 Å². The van der Waals surface area contributed by atoms with Gasteiger partial charge in [0, 0.05) is 65.4 Å². The molecule has 4 rings (SSSR count). The van der Waals surface area contributed by atoms with E-state index in [-0.39, 0.29) is 52.2 Å². The number of rotatable bonds is 11. The largest absolute Gasteiger partial charge is 0.351 e. The third-order valence-electron chi connectivity index (χ3n) is 6.73. The van der Waals surface area contributed by atoms with Gasteiger partial charge >= 0.3 is 0 Å². The van der Waals surface area contributed by atoms with Crippen LogP contribution in [-0.2, 0) is 14.4 Å². The number of hydrogen-bond acceptors (Lipinski definition) is 5. The summed E-state index contributed by atoms with van der Waals surface area (Å²) in [7, 11) is 0. The molecule has 1 aliphatic rings. The van der Waals surface area contributed by atoms with Gasteiger partial charge in [0.05, 0.1) is 5.92 Å². The predicted octanol–water partition coefficient (Wildman–Crippen LogP) is 6.92. The van der Waals surface area contributed by atoms with Gasteiger partial charge in [0.1, 0.15) is 23.5 Å². The molecule has 2 amide bonds. The minimum absolute atomic E-state index is 0.0455. The quantitative estimate of drug-likeness (QED) is 0.172. The summed E-state index contributed by atoms with van der Waals surface area (Å²) in [5.41, 5.74) is 0.155. The molecular weight excluding hydrogens is 688 g/mol. The Morgan fingerprint density at radius 1 is 1.10 bits per heavy atom. The molecule has 0 spiro atoms. The molecule has 1 saturated carbocycles. The van der Waals surface area contributed by atoms with E-state index in [2.05, 4.69) is 15.3 Å². The molecule has 0 saturated heterocycles. The van der Waals surface area contributed by atoms with Gasteiger partial charge in [-0.2, -0.15) is 0 Å².